The lowest BCUT2D eigenvalue weighted by Gasteiger charge is -2.41. The number of hydrazine groups is 1. The first-order chi connectivity index (χ1) is 32.1. The van der Waals surface area contributed by atoms with Gasteiger partial charge >= 0.3 is 5.97 Å². The molecule has 0 aliphatic carbocycles. The van der Waals surface area contributed by atoms with Gasteiger partial charge in [-0.25, -0.2) is 10.4 Å². The predicted molar refractivity (Wildman–Crippen MR) is 264 cm³/mol. The summed E-state index contributed by atoms with van der Waals surface area (Å²) in [6, 6.07) is 9.42. The van der Waals surface area contributed by atoms with E-state index in [4.69, 9.17) is 24.2 Å². The number of methoxy groups -OCH3 is 1. The number of hydrogen-bond donors (Lipinski definition) is 2. The number of pyridine rings is 1. The summed E-state index contributed by atoms with van der Waals surface area (Å²) in [5.41, 5.74) is 8.85. The van der Waals surface area contributed by atoms with Crippen LogP contribution < -0.4 is 10.7 Å². The molecule has 3 radical (unpaired) electrons. The van der Waals surface area contributed by atoms with Crippen LogP contribution in [0.5, 0.6) is 0 Å². The van der Waals surface area contributed by atoms with Crippen LogP contribution in [-0.4, -0.2) is 140 Å². The van der Waals surface area contributed by atoms with Gasteiger partial charge < -0.3 is 29.0 Å². The van der Waals surface area contributed by atoms with Crippen LogP contribution in [0.4, 0.5) is 0 Å². The van der Waals surface area contributed by atoms with Gasteiger partial charge in [0.1, 0.15) is 11.2 Å². The lowest BCUT2D eigenvalue weighted by Crippen LogP contribution is -2.67. The number of aromatic nitrogens is 3. The summed E-state index contributed by atoms with van der Waals surface area (Å²) in [5, 5.41) is 6.82. The molecule has 3 aromatic heterocycles. The van der Waals surface area contributed by atoms with Gasteiger partial charge in [-0.2, -0.15) is 0 Å². The number of amides is 3. The molecular weight excluding hydrogens is 897 g/mol. The third-order valence-electron chi connectivity index (χ3n) is 13.7. The average molecular weight is 964 g/mol. The number of ether oxygens (including phenoxy) is 3. The second kappa shape index (κ2) is 20.6. The molecule has 6 bridgehead atoms. The number of carbonyl (C=O) groups excluding carboxylic acids is 4. The van der Waals surface area contributed by atoms with E-state index in [2.05, 4.69) is 82.4 Å². The summed E-state index contributed by atoms with van der Waals surface area (Å²) in [5.74, 6) is 3.54. The first kappa shape index (κ1) is 50.9. The van der Waals surface area contributed by atoms with Crippen molar-refractivity contribution in [3.8, 4) is 34.4 Å². The minimum absolute atomic E-state index is 0.102. The number of rotatable bonds is 11. The smallest absolute Gasteiger partial charge is 0.323 e. The Morgan fingerprint density at radius 2 is 1.91 bits per heavy atom. The second-order valence-electron chi connectivity index (χ2n) is 20.3. The van der Waals surface area contributed by atoms with Crippen LogP contribution in [0, 0.1) is 29.1 Å². The van der Waals surface area contributed by atoms with Gasteiger partial charge in [-0.05, 0) is 103 Å². The number of likely N-dealkylation sites (tertiary alicyclic amines) is 1. The molecule has 68 heavy (non-hydrogen) atoms. The molecule has 1 aromatic carbocycles. The van der Waals surface area contributed by atoms with Crippen molar-refractivity contribution in [2.24, 2.45) is 17.3 Å². The van der Waals surface area contributed by atoms with Gasteiger partial charge in [0.05, 0.1) is 69.2 Å². The Bertz CT molecular complexity index is 2590. The lowest BCUT2D eigenvalue weighted by atomic mass is 9.84. The number of aryl methyl sites for hydroxylation is 1. The van der Waals surface area contributed by atoms with E-state index in [1.54, 1.807) is 18.2 Å². The largest absolute Gasteiger partial charge is 0.464 e. The number of fused-ring (bicyclic) bond motifs is 6. The fourth-order valence-electron chi connectivity index (χ4n) is 8.82. The van der Waals surface area contributed by atoms with Crippen LogP contribution in [0.3, 0.4) is 0 Å². The van der Waals surface area contributed by atoms with Gasteiger partial charge in [0.15, 0.2) is 0 Å². The average Bonchev–Trinajstić information content (AvgIpc) is 3.88. The highest BCUT2D eigenvalue weighted by Crippen LogP contribution is 2.42. The van der Waals surface area contributed by atoms with Crippen molar-refractivity contribution in [2.75, 3.05) is 54.1 Å². The molecule has 2 fully saturated rings. The number of nitrogens with zero attached hydrogens (tertiary/aromatic N) is 6. The quantitative estimate of drug-likeness (QED) is 0.110. The van der Waals surface area contributed by atoms with Crippen molar-refractivity contribution in [3.05, 3.63) is 58.2 Å². The molecule has 3 aliphatic heterocycles. The van der Waals surface area contributed by atoms with Crippen LogP contribution in [0.1, 0.15) is 90.6 Å². The maximum absolute atomic E-state index is 14.7. The highest BCUT2D eigenvalue weighted by molar-refractivity contribution is 7.10. The van der Waals surface area contributed by atoms with E-state index in [9.17, 15) is 19.2 Å². The van der Waals surface area contributed by atoms with Crippen LogP contribution in [0.2, 0.25) is 0 Å². The molecular formula is C51H67N8O7SSi. The van der Waals surface area contributed by atoms with Crippen molar-refractivity contribution in [2.45, 2.75) is 117 Å². The van der Waals surface area contributed by atoms with Crippen LogP contribution >= 0.6 is 11.3 Å². The van der Waals surface area contributed by atoms with Crippen molar-refractivity contribution >= 4 is 56.2 Å². The molecule has 6 heterocycles. The standard InChI is InChI=1S/C51H67N8O7SSi/c1-12-58-41-17-16-33-23-36(41)37(45(58)35-15-13-21-52-44(35)32(4)64-11)25-49(5,6)30-66-48(63)51(68)19-14-22-59(55-51)47(62)39(24-42-53-40(33)29-67-42)54-46(61)38(31(2)3)28-65-34-26-57(27-34)43(60)18-20-50(7,8)56(9)10/h13,15-17,21,23,29,31-32,34,38-39,55H,12,14,19,22,24-28,30H2,1-11H3,(H,54,61)/t32-,38-,39-,51-/m0/s1. The Morgan fingerprint density at radius 1 is 1.16 bits per heavy atom. The Morgan fingerprint density at radius 3 is 2.60 bits per heavy atom. The molecule has 0 saturated carbocycles. The summed E-state index contributed by atoms with van der Waals surface area (Å²) in [4.78, 5) is 69.4. The third-order valence-corrected chi connectivity index (χ3v) is 15.1. The third kappa shape index (κ3) is 10.9. The fourth-order valence-corrected chi connectivity index (χ4v) is 10.1. The minimum Gasteiger partial charge on any atom is -0.464 e. The molecule has 4 atom stereocenters. The van der Waals surface area contributed by atoms with Crippen LogP contribution in [0.25, 0.3) is 33.4 Å². The number of esters is 1. The molecule has 3 aliphatic rings. The summed E-state index contributed by atoms with van der Waals surface area (Å²) in [6.07, 6.45) is 2.85. The maximum atomic E-state index is 14.7. The van der Waals surface area contributed by atoms with E-state index in [1.807, 2.05) is 65.1 Å². The summed E-state index contributed by atoms with van der Waals surface area (Å²) < 4.78 is 20.5. The van der Waals surface area contributed by atoms with Crippen LogP contribution in [0.15, 0.2) is 41.9 Å². The fraction of sp³-hybridized carbons (Fsp3) is 0.569. The van der Waals surface area contributed by atoms with Gasteiger partial charge in [-0.3, -0.25) is 34.1 Å². The Balaban J connectivity index is 1.20. The van der Waals surface area contributed by atoms with E-state index in [-0.39, 0.29) is 49.6 Å². The van der Waals surface area contributed by atoms with E-state index in [0.717, 1.165) is 44.7 Å². The van der Waals surface area contributed by atoms with Crippen LogP contribution in [-0.2, 0) is 52.8 Å². The second-order valence-corrected chi connectivity index (χ2v) is 22.1. The number of hydrogen-bond acceptors (Lipinski definition) is 12. The number of carbonyl (C=O) groups is 4. The van der Waals surface area contributed by atoms with Gasteiger partial charge in [0.2, 0.25) is 5.91 Å². The molecule has 2 saturated heterocycles. The van der Waals surface area contributed by atoms with Gasteiger partial charge in [0, 0.05) is 78.7 Å². The normalized spacial score (nSPS) is 21.2. The first-order valence-corrected chi connectivity index (χ1v) is 25.0. The summed E-state index contributed by atoms with van der Waals surface area (Å²) >= 11 is 1.43. The van der Waals surface area contributed by atoms with Crippen molar-refractivity contribution in [3.63, 3.8) is 0 Å². The topological polar surface area (TPSA) is 160 Å². The molecule has 17 heteroatoms. The SMILES string of the molecule is CCn1c(-c2cccnc2[C@H](C)OC)c2c3cc(ccc31)-c1csc(n1)C[C@H](NC(=O)[C@@H](COC1CN(C(=O)C#CC(C)(C)N(C)C)C1)C(C)C)C(=O)N1CCC[C@@]([Si])(N1)C(=O)OCC(C)(C)C2. The molecule has 363 valence electrons. The zero-order chi connectivity index (χ0) is 49.3. The number of cyclic esters (lactones) is 1. The van der Waals surface area contributed by atoms with E-state index < -0.39 is 40.0 Å². The summed E-state index contributed by atoms with van der Waals surface area (Å²) in [7, 11) is 9.26. The highest BCUT2D eigenvalue weighted by Gasteiger charge is 2.43. The number of benzene rings is 1. The van der Waals surface area contributed by atoms with Gasteiger partial charge in [-0.15, -0.1) is 11.3 Å². The lowest BCUT2D eigenvalue weighted by molar-refractivity contribution is -0.158. The highest BCUT2D eigenvalue weighted by atomic mass is 32.1. The van der Waals surface area contributed by atoms with Crippen molar-refractivity contribution < 1.29 is 33.4 Å². The molecule has 7 rings (SSSR count). The van der Waals surface area contributed by atoms with E-state index in [0.29, 0.717) is 50.4 Å². The van der Waals surface area contributed by atoms with Crippen molar-refractivity contribution in [1.82, 2.24) is 40.1 Å². The van der Waals surface area contributed by atoms with Gasteiger partial charge in [0.25, 0.3) is 11.8 Å². The Labute approximate surface area is 408 Å². The number of thiazole rings is 1. The Kier molecular flexibility index (Phi) is 15.4. The molecule has 0 spiro atoms. The summed E-state index contributed by atoms with van der Waals surface area (Å²) in [6.45, 7) is 18.1. The van der Waals surface area contributed by atoms with Gasteiger partial charge in [-0.1, -0.05) is 39.7 Å². The Hall–Kier alpha value is -4.96. The molecule has 2 N–H and O–H groups in total. The maximum Gasteiger partial charge on any atom is 0.323 e. The van der Waals surface area contributed by atoms with E-state index >= 15 is 0 Å². The first-order valence-electron chi connectivity index (χ1n) is 23.7. The predicted octanol–water partition coefficient (Wildman–Crippen LogP) is 5.54. The monoisotopic (exact) mass is 963 g/mol. The zero-order valence-corrected chi connectivity index (χ0v) is 43.3. The van der Waals surface area contributed by atoms with Crippen molar-refractivity contribution in [1.29, 1.82) is 0 Å². The molecule has 4 aromatic rings. The molecule has 0 unspecified atom stereocenters. The zero-order valence-electron chi connectivity index (χ0n) is 41.4. The molecule has 15 nitrogen and oxygen atoms in total. The minimum atomic E-state index is -1.39. The number of nitrogens with one attached hydrogen (secondary N) is 2. The molecule has 3 amide bonds. The van der Waals surface area contributed by atoms with E-state index in [1.165, 1.54) is 16.3 Å².